The van der Waals surface area contributed by atoms with Crippen molar-refractivity contribution in [1.82, 2.24) is 0 Å². The highest BCUT2D eigenvalue weighted by Crippen LogP contribution is 2.15. The van der Waals surface area contributed by atoms with E-state index in [1.807, 2.05) is 0 Å². The lowest BCUT2D eigenvalue weighted by molar-refractivity contribution is -0.113. The molecule has 1 amide bonds. The quantitative estimate of drug-likeness (QED) is 0.482. The number of nitrogens with two attached hydrogens (primary N) is 2. The van der Waals surface area contributed by atoms with Gasteiger partial charge in [0.1, 0.15) is 0 Å². The number of hydrogen-bond acceptors (Lipinski definition) is 4. The van der Waals surface area contributed by atoms with E-state index in [4.69, 9.17) is 11.5 Å². The molecule has 0 saturated heterocycles. The molecule has 0 aromatic heterocycles. The van der Waals surface area contributed by atoms with Crippen molar-refractivity contribution in [1.29, 1.82) is 0 Å². The summed E-state index contributed by atoms with van der Waals surface area (Å²) < 4.78 is 24.6. The molecule has 6 nitrogen and oxygen atoms in total. The Hall–Kier alpha value is -1.37. The van der Waals surface area contributed by atoms with Crippen molar-refractivity contribution in [2.45, 2.75) is 0 Å². The Kier molecular flexibility index (Phi) is 1.45. The monoisotopic (exact) mass is 175 g/mol. The summed E-state index contributed by atoms with van der Waals surface area (Å²) in [5.41, 5.74) is 9.62. The van der Waals surface area contributed by atoms with E-state index in [1.54, 1.807) is 0 Å². The summed E-state index contributed by atoms with van der Waals surface area (Å²) in [6.07, 6.45) is 0.884. The Bertz CT molecular complexity index is 364. The largest absolute Gasteiger partial charge is 0.396 e. The van der Waals surface area contributed by atoms with Gasteiger partial charge in [0, 0.05) is 0 Å². The molecule has 1 rings (SSSR count). The lowest BCUT2D eigenvalue weighted by Gasteiger charge is -1.93. The van der Waals surface area contributed by atoms with E-state index < -0.39 is 20.8 Å². The Labute approximate surface area is 62.6 Å². The standard InChI is InChI=1S/C4H5N3O3S/c5-2-1-7-11(9,10)3(2)4(6)8/h1H,5H2,(H2,6,8). The molecule has 1 aliphatic rings. The molecule has 4 N–H and O–H groups in total. The molecule has 0 aliphatic carbocycles. The zero-order chi connectivity index (χ0) is 8.65. The van der Waals surface area contributed by atoms with Crippen LogP contribution in [0.15, 0.2) is 15.0 Å². The molecule has 0 radical (unpaired) electrons. The van der Waals surface area contributed by atoms with Crippen LogP contribution in [0, 0.1) is 0 Å². The molecule has 11 heavy (non-hydrogen) atoms. The zero-order valence-corrected chi connectivity index (χ0v) is 6.13. The first-order valence-electron chi connectivity index (χ1n) is 2.55. The minimum atomic E-state index is -3.89. The van der Waals surface area contributed by atoms with E-state index >= 15 is 0 Å². The van der Waals surface area contributed by atoms with E-state index in [0.29, 0.717) is 0 Å². The van der Waals surface area contributed by atoms with Gasteiger partial charge in [0.05, 0.1) is 11.9 Å². The molecule has 0 aromatic rings. The van der Waals surface area contributed by atoms with Crippen LogP contribution in [0.25, 0.3) is 0 Å². The number of primary amides is 1. The van der Waals surface area contributed by atoms with Crippen molar-refractivity contribution < 1.29 is 13.2 Å². The predicted molar refractivity (Wildman–Crippen MR) is 37.8 cm³/mol. The summed E-state index contributed by atoms with van der Waals surface area (Å²) in [4.78, 5) is 9.83. The van der Waals surface area contributed by atoms with Crippen LogP contribution >= 0.6 is 0 Å². The Morgan fingerprint density at radius 3 is 2.27 bits per heavy atom. The Morgan fingerprint density at radius 2 is 2.09 bits per heavy atom. The summed E-state index contributed by atoms with van der Waals surface area (Å²) in [7, 11) is -3.89. The Morgan fingerprint density at radius 1 is 1.55 bits per heavy atom. The van der Waals surface area contributed by atoms with Crippen molar-refractivity contribution in [2.75, 3.05) is 0 Å². The number of amides is 1. The number of sulfonamides is 1. The molecule has 0 atom stereocenters. The summed E-state index contributed by atoms with van der Waals surface area (Å²) in [6.45, 7) is 0. The van der Waals surface area contributed by atoms with Crippen molar-refractivity contribution in [3.8, 4) is 0 Å². The van der Waals surface area contributed by atoms with Gasteiger partial charge in [0.2, 0.25) is 0 Å². The molecule has 1 heterocycles. The summed E-state index contributed by atoms with van der Waals surface area (Å²) in [5, 5.41) is 0. The van der Waals surface area contributed by atoms with Gasteiger partial charge in [-0.05, 0) is 0 Å². The number of rotatable bonds is 1. The zero-order valence-electron chi connectivity index (χ0n) is 5.31. The van der Waals surface area contributed by atoms with Crippen LogP contribution in [0.4, 0.5) is 0 Å². The van der Waals surface area contributed by atoms with E-state index in [1.165, 1.54) is 0 Å². The van der Waals surface area contributed by atoms with Crippen LogP contribution in [0.1, 0.15) is 0 Å². The second kappa shape index (κ2) is 2.06. The van der Waals surface area contributed by atoms with Gasteiger partial charge in [-0.15, -0.1) is 0 Å². The van der Waals surface area contributed by atoms with Gasteiger partial charge in [0.25, 0.3) is 15.9 Å². The van der Waals surface area contributed by atoms with Crippen molar-refractivity contribution in [3.63, 3.8) is 0 Å². The van der Waals surface area contributed by atoms with Crippen LogP contribution < -0.4 is 11.5 Å². The van der Waals surface area contributed by atoms with Gasteiger partial charge in [-0.2, -0.15) is 12.8 Å². The number of nitrogens with zero attached hydrogens (tertiary/aromatic N) is 1. The molecule has 0 aromatic carbocycles. The summed E-state index contributed by atoms with van der Waals surface area (Å²) >= 11 is 0. The number of allylic oxidation sites excluding steroid dienone is 1. The van der Waals surface area contributed by atoms with E-state index in [-0.39, 0.29) is 5.70 Å². The Balaban J connectivity index is 3.35. The fourth-order valence-corrected chi connectivity index (χ4v) is 1.62. The average molecular weight is 175 g/mol. The first kappa shape index (κ1) is 7.73. The first-order valence-corrected chi connectivity index (χ1v) is 3.99. The maximum absolute atomic E-state index is 10.8. The maximum atomic E-state index is 10.8. The SMILES string of the molecule is NC(=O)C1=C(N)C=NS1(=O)=O. The topological polar surface area (TPSA) is 116 Å². The second-order valence-electron chi connectivity index (χ2n) is 1.86. The van der Waals surface area contributed by atoms with Gasteiger partial charge in [0.15, 0.2) is 4.91 Å². The van der Waals surface area contributed by atoms with Gasteiger partial charge < -0.3 is 11.5 Å². The second-order valence-corrected chi connectivity index (χ2v) is 3.43. The summed E-state index contributed by atoms with van der Waals surface area (Å²) in [5.74, 6) is -1.08. The number of carbonyl (C=O) groups is 1. The highest BCUT2D eigenvalue weighted by Gasteiger charge is 2.29. The molecular weight excluding hydrogens is 170 g/mol. The molecule has 0 unspecified atom stereocenters. The van der Waals surface area contributed by atoms with Crippen molar-refractivity contribution >= 4 is 22.1 Å². The van der Waals surface area contributed by atoms with E-state index in [0.717, 1.165) is 6.21 Å². The van der Waals surface area contributed by atoms with E-state index in [2.05, 4.69) is 4.40 Å². The van der Waals surface area contributed by atoms with Crippen LogP contribution in [0.5, 0.6) is 0 Å². The fourth-order valence-electron chi connectivity index (χ4n) is 0.656. The van der Waals surface area contributed by atoms with Crippen molar-refractivity contribution in [3.05, 3.63) is 10.6 Å². The molecule has 0 spiro atoms. The predicted octanol–water partition coefficient (Wildman–Crippen LogP) is -1.94. The molecule has 0 saturated carbocycles. The van der Waals surface area contributed by atoms with Crippen LogP contribution in [0.3, 0.4) is 0 Å². The van der Waals surface area contributed by atoms with Crippen LogP contribution in [0.2, 0.25) is 0 Å². The lowest BCUT2D eigenvalue weighted by atomic mass is 10.4. The van der Waals surface area contributed by atoms with Crippen LogP contribution in [-0.4, -0.2) is 20.5 Å². The van der Waals surface area contributed by atoms with Crippen molar-refractivity contribution in [2.24, 2.45) is 15.9 Å². The molecular formula is C4H5N3O3S. The fraction of sp³-hybridized carbons (Fsp3) is 0. The molecule has 7 heteroatoms. The van der Waals surface area contributed by atoms with E-state index in [9.17, 15) is 13.2 Å². The third kappa shape index (κ3) is 1.09. The third-order valence-corrected chi connectivity index (χ3v) is 2.41. The third-order valence-electron chi connectivity index (χ3n) is 1.07. The van der Waals surface area contributed by atoms with Gasteiger partial charge >= 0.3 is 0 Å². The highest BCUT2D eigenvalue weighted by atomic mass is 32.2. The molecule has 0 fully saturated rings. The average Bonchev–Trinajstić information content (AvgIpc) is 2.06. The van der Waals surface area contributed by atoms with Gasteiger partial charge in [-0.25, -0.2) is 0 Å². The van der Waals surface area contributed by atoms with Gasteiger partial charge in [-0.3, -0.25) is 4.79 Å². The minimum absolute atomic E-state index is 0.211. The smallest absolute Gasteiger partial charge is 0.289 e. The normalized spacial score (nSPS) is 20.7. The molecule has 60 valence electrons. The minimum Gasteiger partial charge on any atom is -0.396 e. The number of carbonyl (C=O) groups excluding carboxylic acids is 1. The summed E-state index contributed by atoms with van der Waals surface area (Å²) in [6, 6.07) is 0. The molecule has 0 bridgehead atoms. The number of hydrogen-bond donors (Lipinski definition) is 2. The molecule has 1 aliphatic heterocycles. The van der Waals surface area contributed by atoms with Crippen LogP contribution in [-0.2, 0) is 14.8 Å². The van der Waals surface area contributed by atoms with Gasteiger partial charge in [-0.1, -0.05) is 0 Å². The lowest BCUT2D eigenvalue weighted by Crippen LogP contribution is -2.21. The highest BCUT2D eigenvalue weighted by molar-refractivity contribution is 7.95. The maximum Gasteiger partial charge on any atom is 0.289 e. The first-order chi connectivity index (χ1) is 4.95.